The first-order valence-corrected chi connectivity index (χ1v) is 7.47. The number of likely N-dealkylation sites (N-methyl/N-ethyl adjacent to an activating group) is 1. The van der Waals surface area contributed by atoms with Crippen molar-refractivity contribution in [1.82, 2.24) is 4.90 Å². The van der Waals surface area contributed by atoms with Gasteiger partial charge in [0.2, 0.25) is 0 Å². The number of nitrogens with zero attached hydrogens (tertiary/aromatic N) is 4. The smallest absolute Gasteiger partial charge is 0.338 e. The third kappa shape index (κ3) is 2.40. The minimum absolute atomic E-state index is 0.130. The van der Waals surface area contributed by atoms with Gasteiger partial charge >= 0.3 is 9.16 Å². The molecule has 0 saturated carbocycles. The molecular formula is C8H11BrF2N4O3S. The highest BCUT2D eigenvalue weighted by Gasteiger charge is 2.64. The molecule has 0 saturated heterocycles. The van der Waals surface area contributed by atoms with E-state index >= 15 is 0 Å². The molecule has 1 amide bonds. The Morgan fingerprint density at radius 2 is 1.95 bits per heavy atom. The SMILES string of the molecule is CCN(CC)C(=O)C1(S(=O)(=O)C(F)(F)Br)N=CN=N1. The van der Waals surface area contributed by atoms with E-state index < -0.39 is 24.9 Å². The van der Waals surface area contributed by atoms with Crippen LogP contribution in [0.15, 0.2) is 15.2 Å². The first kappa shape index (κ1) is 16.1. The van der Waals surface area contributed by atoms with Gasteiger partial charge in [0.1, 0.15) is 6.34 Å². The maximum atomic E-state index is 13.2. The van der Waals surface area contributed by atoms with E-state index in [4.69, 9.17) is 0 Å². The van der Waals surface area contributed by atoms with Crippen molar-refractivity contribution in [3.63, 3.8) is 0 Å². The largest absolute Gasteiger partial charge is 0.405 e. The van der Waals surface area contributed by atoms with E-state index in [1.165, 1.54) is 0 Å². The van der Waals surface area contributed by atoms with Crippen LogP contribution in [0, 0.1) is 0 Å². The first-order valence-electron chi connectivity index (χ1n) is 5.20. The van der Waals surface area contributed by atoms with Crippen LogP contribution in [0.1, 0.15) is 13.8 Å². The van der Waals surface area contributed by atoms with Crippen molar-refractivity contribution in [2.45, 2.75) is 23.0 Å². The molecule has 0 fully saturated rings. The van der Waals surface area contributed by atoms with Crippen LogP contribution >= 0.6 is 15.9 Å². The van der Waals surface area contributed by atoms with Crippen LogP contribution in [-0.2, 0) is 14.6 Å². The highest BCUT2D eigenvalue weighted by Crippen LogP contribution is 2.41. The number of alkyl halides is 3. The molecule has 1 aliphatic rings. The fourth-order valence-corrected chi connectivity index (χ4v) is 3.15. The molecule has 1 unspecified atom stereocenters. The fourth-order valence-electron chi connectivity index (χ4n) is 1.45. The monoisotopic (exact) mass is 360 g/mol. The summed E-state index contributed by atoms with van der Waals surface area (Å²) in [7, 11) is -5.37. The lowest BCUT2D eigenvalue weighted by Gasteiger charge is -2.28. The quantitative estimate of drug-likeness (QED) is 0.693. The third-order valence-corrected chi connectivity index (χ3v) is 5.49. The maximum Gasteiger partial charge on any atom is 0.405 e. The molecule has 0 spiro atoms. The van der Waals surface area contributed by atoms with Crippen molar-refractivity contribution in [1.29, 1.82) is 0 Å². The number of carbonyl (C=O) groups is 1. The second-order valence-corrected chi connectivity index (χ2v) is 7.10. The maximum absolute atomic E-state index is 13.2. The summed E-state index contributed by atoms with van der Waals surface area (Å²) in [5, 5.41) is 6.28. The van der Waals surface area contributed by atoms with Crippen LogP contribution in [-0.4, -0.2) is 47.8 Å². The topological polar surface area (TPSA) is 91.5 Å². The summed E-state index contributed by atoms with van der Waals surface area (Å²) in [5.74, 6) is -1.16. The number of hydrogen-bond donors (Lipinski definition) is 0. The van der Waals surface area contributed by atoms with Gasteiger partial charge in [-0.1, -0.05) is 0 Å². The molecule has 19 heavy (non-hydrogen) atoms. The Morgan fingerprint density at radius 3 is 2.26 bits per heavy atom. The van der Waals surface area contributed by atoms with Crippen LogP contribution in [0.25, 0.3) is 0 Å². The molecule has 7 nitrogen and oxygen atoms in total. The number of hydrogen-bond acceptors (Lipinski definition) is 6. The first-order chi connectivity index (χ1) is 8.64. The average Bonchev–Trinajstić information content (AvgIpc) is 2.79. The number of carbonyl (C=O) groups excluding carboxylic acids is 1. The number of sulfone groups is 1. The van der Waals surface area contributed by atoms with Crippen molar-refractivity contribution in [2.75, 3.05) is 13.1 Å². The summed E-state index contributed by atoms with van der Waals surface area (Å²) < 4.78 is 45.8. The lowest BCUT2D eigenvalue weighted by Crippen LogP contribution is -2.54. The zero-order chi connectivity index (χ0) is 14.9. The van der Waals surface area contributed by atoms with Crippen LogP contribution in [0.4, 0.5) is 8.78 Å². The standard InChI is InChI=1S/C8H11BrF2N4O3S/c1-3-15(4-2)6(16)7(12-5-13-14-7)19(17,18)8(9,10)11/h5H,3-4H2,1-2H3. The van der Waals surface area contributed by atoms with Crippen molar-refractivity contribution in [3.8, 4) is 0 Å². The van der Waals surface area contributed by atoms with E-state index in [1.807, 2.05) is 0 Å². The van der Waals surface area contributed by atoms with Gasteiger partial charge < -0.3 is 4.90 Å². The van der Waals surface area contributed by atoms with E-state index in [-0.39, 0.29) is 13.1 Å². The van der Waals surface area contributed by atoms with Crippen LogP contribution in [0.2, 0.25) is 0 Å². The highest BCUT2D eigenvalue weighted by molar-refractivity contribution is 9.11. The van der Waals surface area contributed by atoms with Gasteiger partial charge in [-0.2, -0.15) is 8.78 Å². The molecular weight excluding hydrogens is 350 g/mol. The minimum atomic E-state index is -5.37. The highest BCUT2D eigenvalue weighted by atomic mass is 79.9. The number of azo groups is 1. The molecule has 0 aromatic heterocycles. The zero-order valence-electron chi connectivity index (χ0n) is 10.0. The van der Waals surface area contributed by atoms with E-state index in [2.05, 4.69) is 15.2 Å². The van der Waals surface area contributed by atoms with E-state index in [1.54, 1.807) is 29.8 Å². The molecule has 1 atom stereocenters. The van der Waals surface area contributed by atoms with Crippen LogP contribution in [0.3, 0.4) is 0 Å². The Balaban J connectivity index is 3.41. The average molecular weight is 361 g/mol. The minimum Gasteiger partial charge on any atom is -0.338 e. The van der Waals surface area contributed by atoms with Crippen LogP contribution < -0.4 is 0 Å². The van der Waals surface area contributed by atoms with Crippen molar-refractivity contribution >= 4 is 38.0 Å². The van der Waals surface area contributed by atoms with Crippen molar-refractivity contribution in [3.05, 3.63) is 0 Å². The molecule has 0 bridgehead atoms. The van der Waals surface area contributed by atoms with E-state index in [0.29, 0.717) is 6.34 Å². The second-order valence-electron chi connectivity index (χ2n) is 3.49. The van der Waals surface area contributed by atoms with Gasteiger partial charge in [0.25, 0.3) is 15.7 Å². The van der Waals surface area contributed by atoms with E-state index in [0.717, 1.165) is 4.90 Å². The summed E-state index contributed by atoms with van der Waals surface area (Å²) in [5.41, 5.74) is 0. The Labute approximate surface area is 116 Å². The van der Waals surface area contributed by atoms with Gasteiger partial charge in [0.05, 0.1) is 0 Å². The lowest BCUT2D eigenvalue weighted by molar-refractivity contribution is -0.133. The predicted octanol–water partition coefficient (Wildman–Crippen LogP) is 1.36. The summed E-state index contributed by atoms with van der Waals surface area (Å²) in [6.45, 7) is 3.41. The van der Waals surface area contributed by atoms with Crippen molar-refractivity contribution in [2.24, 2.45) is 15.2 Å². The van der Waals surface area contributed by atoms with Gasteiger partial charge in [0, 0.05) is 29.0 Å². The zero-order valence-corrected chi connectivity index (χ0v) is 12.4. The Morgan fingerprint density at radius 1 is 1.42 bits per heavy atom. The second kappa shape index (κ2) is 5.19. The molecule has 108 valence electrons. The van der Waals surface area contributed by atoms with Crippen LogP contribution in [0.5, 0.6) is 0 Å². The molecule has 0 aromatic carbocycles. The number of rotatable bonds is 5. The summed E-state index contributed by atoms with van der Waals surface area (Å²) in [4.78, 5) is 13.5. The Hall–Kier alpha value is -0.970. The molecule has 1 aliphatic heterocycles. The molecule has 1 rings (SSSR count). The fraction of sp³-hybridized carbons (Fsp3) is 0.750. The number of aliphatic imine (C=N–C) groups is 1. The van der Waals surface area contributed by atoms with Gasteiger partial charge in [0.15, 0.2) is 0 Å². The van der Waals surface area contributed by atoms with E-state index in [9.17, 15) is 22.0 Å². The van der Waals surface area contributed by atoms with Gasteiger partial charge in [-0.25, -0.2) is 13.4 Å². The Kier molecular flexibility index (Phi) is 4.40. The molecule has 0 aliphatic carbocycles. The molecule has 11 heteroatoms. The van der Waals surface area contributed by atoms with Gasteiger partial charge in [-0.3, -0.25) is 4.79 Å². The lowest BCUT2D eigenvalue weighted by atomic mass is 10.4. The molecule has 0 aromatic rings. The number of amides is 1. The molecule has 0 N–H and O–H groups in total. The predicted molar refractivity (Wildman–Crippen MR) is 66.8 cm³/mol. The van der Waals surface area contributed by atoms with Gasteiger partial charge in [-0.15, -0.1) is 10.2 Å². The molecule has 0 radical (unpaired) electrons. The molecule has 1 heterocycles. The number of halogens is 3. The summed E-state index contributed by atoms with van der Waals surface area (Å²) in [6, 6.07) is 0. The normalized spacial score (nSPS) is 22.8. The third-order valence-electron chi connectivity index (χ3n) is 2.49. The Bertz CT molecular complexity index is 513. The van der Waals surface area contributed by atoms with Gasteiger partial charge in [-0.05, 0) is 13.8 Å². The van der Waals surface area contributed by atoms with Crippen molar-refractivity contribution < 1.29 is 22.0 Å². The summed E-state index contributed by atoms with van der Waals surface area (Å²) >= 11 is 1.74. The summed E-state index contributed by atoms with van der Waals surface area (Å²) in [6.07, 6.45) is 0.664.